The number of carbonyl (C=O) groups is 1. The topological polar surface area (TPSA) is 90.6 Å². The van der Waals surface area contributed by atoms with Gasteiger partial charge in [0, 0.05) is 24.0 Å². The first-order valence-corrected chi connectivity index (χ1v) is 7.08. The monoisotopic (exact) mass is 331 g/mol. The Labute approximate surface area is 135 Å². The predicted molar refractivity (Wildman–Crippen MR) is 81.0 cm³/mol. The number of aromatic nitrogens is 4. The summed E-state index contributed by atoms with van der Waals surface area (Å²) < 4.78 is 12.0. The first-order chi connectivity index (χ1) is 11.1. The number of aryl methyl sites for hydroxylation is 1. The van der Waals surface area contributed by atoms with Crippen molar-refractivity contribution in [3.05, 3.63) is 40.9 Å². The Bertz CT molecular complexity index is 940. The minimum absolute atomic E-state index is 0.000494. The molecule has 1 aliphatic heterocycles. The summed E-state index contributed by atoms with van der Waals surface area (Å²) in [5, 5.41) is 7.14. The zero-order valence-electron chi connectivity index (χ0n) is 11.9. The van der Waals surface area contributed by atoms with Crippen molar-refractivity contribution >= 4 is 29.0 Å². The van der Waals surface area contributed by atoms with Gasteiger partial charge in [-0.2, -0.15) is 4.98 Å². The lowest BCUT2D eigenvalue weighted by molar-refractivity contribution is 0.101. The summed E-state index contributed by atoms with van der Waals surface area (Å²) in [6.45, 7) is 1.97. The molecule has 0 atom stereocenters. The van der Waals surface area contributed by atoms with E-state index >= 15 is 0 Å². The first-order valence-electron chi connectivity index (χ1n) is 6.71. The molecule has 8 nitrogen and oxygen atoms in total. The summed E-state index contributed by atoms with van der Waals surface area (Å²) in [6.07, 6.45) is 1.61. The lowest BCUT2D eigenvalue weighted by atomic mass is 10.2. The molecule has 0 radical (unpaired) electrons. The lowest BCUT2D eigenvalue weighted by Gasteiger charge is -2.06. The normalized spacial score (nSPS) is 12.6. The van der Waals surface area contributed by atoms with Crippen LogP contribution in [0.5, 0.6) is 11.5 Å². The minimum Gasteiger partial charge on any atom is -0.454 e. The van der Waals surface area contributed by atoms with Gasteiger partial charge in [0.1, 0.15) is 0 Å². The molecular formula is C14H10ClN5O3. The molecule has 4 rings (SSSR count). The highest BCUT2D eigenvalue weighted by Gasteiger charge is 2.20. The zero-order chi connectivity index (χ0) is 16.0. The predicted octanol–water partition coefficient (Wildman–Crippen LogP) is 2.07. The third-order valence-electron chi connectivity index (χ3n) is 3.34. The quantitative estimate of drug-likeness (QED) is 0.773. The minimum atomic E-state index is -0.490. The number of nitrogens with zero attached hydrogens (tertiary/aromatic N) is 4. The average Bonchev–Trinajstić information content (AvgIpc) is 3.14. The largest absolute Gasteiger partial charge is 0.454 e. The molecule has 1 aliphatic rings. The van der Waals surface area contributed by atoms with E-state index in [1.165, 1.54) is 4.52 Å². The highest BCUT2D eigenvalue weighted by molar-refractivity contribution is 6.34. The second-order valence-electron chi connectivity index (χ2n) is 4.87. The van der Waals surface area contributed by atoms with Crippen LogP contribution in [0.2, 0.25) is 5.02 Å². The molecule has 3 aromatic rings. The van der Waals surface area contributed by atoms with E-state index in [1.807, 2.05) is 6.92 Å². The Morgan fingerprint density at radius 3 is 2.91 bits per heavy atom. The van der Waals surface area contributed by atoms with Gasteiger partial charge in [0.05, 0.1) is 10.7 Å². The van der Waals surface area contributed by atoms with Crippen LogP contribution in [0.15, 0.2) is 24.4 Å². The molecule has 0 fully saturated rings. The number of benzene rings is 1. The van der Waals surface area contributed by atoms with E-state index in [0.29, 0.717) is 28.0 Å². The molecule has 3 heterocycles. The van der Waals surface area contributed by atoms with Gasteiger partial charge in [-0.3, -0.25) is 4.79 Å². The molecule has 0 aliphatic carbocycles. The smallest absolute Gasteiger partial charge is 0.295 e. The highest BCUT2D eigenvalue weighted by atomic mass is 35.5. The van der Waals surface area contributed by atoms with E-state index in [2.05, 4.69) is 20.4 Å². The van der Waals surface area contributed by atoms with Crippen molar-refractivity contribution in [2.45, 2.75) is 6.92 Å². The van der Waals surface area contributed by atoms with Crippen molar-refractivity contribution in [2.24, 2.45) is 0 Å². The van der Waals surface area contributed by atoms with Gasteiger partial charge in [0.15, 0.2) is 11.5 Å². The van der Waals surface area contributed by atoms with Crippen LogP contribution in [0.3, 0.4) is 0 Å². The number of rotatable bonds is 2. The van der Waals surface area contributed by atoms with E-state index in [-0.39, 0.29) is 12.6 Å². The molecule has 0 spiro atoms. The van der Waals surface area contributed by atoms with Crippen molar-refractivity contribution in [3.8, 4) is 11.5 Å². The van der Waals surface area contributed by atoms with Crippen molar-refractivity contribution in [2.75, 3.05) is 12.1 Å². The van der Waals surface area contributed by atoms with Gasteiger partial charge in [-0.1, -0.05) is 11.6 Å². The number of anilines is 1. The van der Waals surface area contributed by atoms with Crippen LogP contribution in [0.4, 0.5) is 5.69 Å². The van der Waals surface area contributed by atoms with Crippen molar-refractivity contribution in [1.82, 2.24) is 19.6 Å². The Morgan fingerprint density at radius 2 is 2.13 bits per heavy atom. The third-order valence-corrected chi connectivity index (χ3v) is 3.66. The van der Waals surface area contributed by atoms with Gasteiger partial charge in [0.25, 0.3) is 11.7 Å². The fraction of sp³-hybridized carbons (Fsp3) is 0.143. The second-order valence-corrected chi connectivity index (χ2v) is 5.28. The maximum absolute atomic E-state index is 12.3. The average molecular weight is 332 g/mol. The number of fused-ring (bicyclic) bond motifs is 2. The van der Waals surface area contributed by atoms with Crippen LogP contribution in [0, 0.1) is 6.92 Å². The Hall–Kier alpha value is -2.87. The Balaban J connectivity index is 1.66. The SMILES string of the molecule is Cc1ccnc2nc(C(=O)Nc3cc4c(cc3Cl)OCO4)nn12. The molecule has 1 aromatic carbocycles. The molecular weight excluding hydrogens is 322 g/mol. The number of ether oxygens (including phenoxy) is 2. The van der Waals surface area contributed by atoms with Crippen LogP contribution >= 0.6 is 11.6 Å². The van der Waals surface area contributed by atoms with Gasteiger partial charge < -0.3 is 14.8 Å². The van der Waals surface area contributed by atoms with E-state index in [4.69, 9.17) is 21.1 Å². The maximum Gasteiger partial charge on any atom is 0.295 e. The van der Waals surface area contributed by atoms with E-state index < -0.39 is 5.91 Å². The number of nitrogens with one attached hydrogen (secondary N) is 1. The molecule has 23 heavy (non-hydrogen) atoms. The summed E-state index contributed by atoms with van der Waals surface area (Å²) in [4.78, 5) is 20.5. The molecule has 0 bridgehead atoms. The number of hydrogen-bond acceptors (Lipinski definition) is 6. The lowest BCUT2D eigenvalue weighted by Crippen LogP contribution is -2.14. The van der Waals surface area contributed by atoms with Gasteiger partial charge in [-0.15, -0.1) is 5.10 Å². The van der Waals surface area contributed by atoms with E-state index in [1.54, 1.807) is 24.4 Å². The molecule has 0 saturated carbocycles. The molecule has 116 valence electrons. The van der Waals surface area contributed by atoms with E-state index in [0.717, 1.165) is 5.69 Å². The number of carbonyl (C=O) groups excluding carboxylic acids is 1. The molecule has 1 amide bonds. The standard InChI is InChI=1S/C14H10ClN5O3/c1-7-2-3-16-14-18-12(19-20(7)14)13(21)17-9-5-11-10(4-8(9)15)22-6-23-11/h2-5H,6H2,1H3,(H,17,21). The summed E-state index contributed by atoms with van der Waals surface area (Å²) in [6, 6.07) is 4.96. The van der Waals surface area contributed by atoms with Gasteiger partial charge in [0.2, 0.25) is 12.6 Å². The van der Waals surface area contributed by atoms with Crippen LogP contribution < -0.4 is 14.8 Å². The molecule has 9 heteroatoms. The van der Waals surface area contributed by atoms with Gasteiger partial charge in [-0.25, -0.2) is 9.50 Å². The van der Waals surface area contributed by atoms with Crippen molar-refractivity contribution in [1.29, 1.82) is 0 Å². The maximum atomic E-state index is 12.3. The summed E-state index contributed by atoms with van der Waals surface area (Å²) in [5.74, 6) is 0.923. The fourth-order valence-electron chi connectivity index (χ4n) is 2.19. The number of amides is 1. The van der Waals surface area contributed by atoms with Crippen LogP contribution in [-0.2, 0) is 0 Å². The van der Waals surface area contributed by atoms with Crippen LogP contribution in [0.25, 0.3) is 5.78 Å². The van der Waals surface area contributed by atoms with Crippen LogP contribution in [-0.4, -0.2) is 32.3 Å². The van der Waals surface area contributed by atoms with E-state index in [9.17, 15) is 4.79 Å². The van der Waals surface area contributed by atoms with Gasteiger partial charge in [-0.05, 0) is 13.0 Å². The highest BCUT2D eigenvalue weighted by Crippen LogP contribution is 2.39. The first kappa shape index (κ1) is 13.8. The van der Waals surface area contributed by atoms with Crippen LogP contribution in [0.1, 0.15) is 16.3 Å². The fourth-order valence-corrected chi connectivity index (χ4v) is 2.39. The third kappa shape index (κ3) is 2.33. The number of halogens is 1. The molecule has 1 N–H and O–H groups in total. The Kier molecular flexibility index (Phi) is 3.05. The Morgan fingerprint density at radius 1 is 1.35 bits per heavy atom. The summed E-state index contributed by atoms with van der Waals surface area (Å²) in [7, 11) is 0. The molecule has 0 unspecified atom stereocenters. The molecule has 0 saturated heterocycles. The molecule has 2 aromatic heterocycles. The summed E-state index contributed by atoms with van der Waals surface area (Å²) >= 11 is 6.13. The summed E-state index contributed by atoms with van der Waals surface area (Å²) in [5.41, 5.74) is 1.21. The number of hydrogen-bond donors (Lipinski definition) is 1. The van der Waals surface area contributed by atoms with Gasteiger partial charge >= 0.3 is 0 Å². The zero-order valence-corrected chi connectivity index (χ0v) is 12.7. The second kappa shape index (κ2) is 5.10. The van der Waals surface area contributed by atoms with Crippen molar-refractivity contribution < 1.29 is 14.3 Å². The van der Waals surface area contributed by atoms with Crippen molar-refractivity contribution in [3.63, 3.8) is 0 Å².